The van der Waals surface area contributed by atoms with Gasteiger partial charge in [0, 0.05) is 5.39 Å². The predicted octanol–water partition coefficient (Wildman–Crippen LogP) is 6.17. The van der Waals surface area contributed by atoms with Gasteiger partial charge in [-0.3, -0.25) is 4.79 Å². The van der Waals surface area contributed by atoms with Crippen molar-refractivity contribution >= 4 is 22.7 Å². The average Bonchev–Trinajstić information content (AvgIpc) is 2.73. The van der Waals surface area contributed by atoms with E-state index in [0.717, 1.165) is 41.2 Å². The van der Waals surface area contributed by atoms with Crippen molar-refractivity contribution in [2.75, 3.05) is 0 Å². The van der Waals surface area contributed by atoms with Gasteiger partial charge in [-0.05, 0) is 67.3 Å². The molecule has 4 rings (SSSR count). The largest absolute Gasteiger partial charge is 0.478 e. The number of allylic oxidation sites excluding steroid dienone is 1. The van der Waals surface area contributed by atoms with Crippen LogP contribution in [0.4, 0.5) is 0 Å². The van der Waals surface area contributed by atoms with Crippen molar-refractivity contribution in [2.24, 2.45) is 5.92 Å². The summed E-state index contributed by atoms with van der Waals surface area (Å²) in [5.41, 5.74) is 3.70. The Balaban J connectivity index is 1.86. The fourth-order valence-electron chi connectivity index (χ4n) is 4.28. The molecule has 0 saturated heterocycles. The maximum Gasteiger partial charge on any atom is 0.336 e. The number of fused-ring (bicyclic) bond motifs is 1. The van der Waals surface area contributed by atoms with Crippen LogP contribution in [0.3, 0.4) is 0 Å². The van der Waals surface area contributed by atoms with Gasteiger partial charge in [0.1, 0.15) is 5.75 Å². The number of hydrogen-bond acceptors (Lipinski definition) is 3. The van der Waals surface area contributed by atoms with Crippen LogP contribution in [0.15, 0.2) is 66.2 Å². The van der Waals surface area contributed by atoms with Crippen molar-refractivity contribution in [1.29, 1.82) is 0 Å². The molecular formula is C26H24O4. The molecular weight excluding hydrogens is 376 g/mol. The van der Waals surface area contributed by atoms with Gasteiger partial charge < -0.3 is 9.84 Å². The third kappa shape index (κ3) is 3.73. The summed E-state index contributed by atoms with van der Waals surface area (Å²) in [6.45, 7) is 3.94. The number of rotatable bonds is 4. The van der Waals surface area contributed by atoms with Crippen LogP contribution in [0.1, 0.15) is 42.1 Å². The topological polar surface area (TPSA) is 63.6 Å². The number of carboxylic acid groups (broad SMARTS) is 1. The third-order valence-electron chi connectivity index (χ3n) is 5.72. The fourth-order valence-corrected chi connectivity index (χ4v) is 4.28. The molecule has 4 nitrogen and oxygen atoms in total. The smallest absolute Gasteiger partial charge is 0.336 e. The maximum absolute atomic E-state index is 12.9. The molecule has 1 N–H and O–H groups in total. The van der Waals surface area contributed by atoms with Crippen LogP contribution in [-0.2, 0) is 4.79 Å². The molecule has 0 saturated carbocycles. The van der Waals surface area contributed by atoms with Crippen molar-refractivity contribution in [1.82, 2.24) is 0 Å². The second-order valence-electron chi connectivity index (χ2n) is 7.90. The van der Waals surface area contributed by atoms with Crippen LogP contribution in [-0.4, -0.2) is 17.0 Å². The lowest BCUT2D eigenvalue weighted by molar-refractivity contribution is -0.137. The van der Waals surface area contributed by atoms with Crippen LogP contribution >= 0.6 is 0 Å². The second-order valence-corrected chi connectivity index (χ2v) is 7.90. The lowest BCUT2D eigenvalue weighted by atomic mass is 9.90. The first-order chi connectivity index (χ1) is 14.5. The zero-order valence-electron chi connectivity index (χ0n) is 17.1. The highest BCUT2D eigenvalue weighted by molar-refractivity contribution is 6.07. The molecule has 30 heavy (non-hydrogen) atoms. The number of carbonyl (C=O) groups is 2. The number of carbonyl (C=O) groups excluding carboxylic acids is 1. The number of aryl methyl sites for hydroxylation is 1. The van der Waals surface area contributed by atoms with Gasteiger partial charge >= 0.3 is 11.9 Å². The number of esters is 1. The molecule has 0 radical (unpaired) electrons. The summed E-state index contributed by atoms with van der Waals surface area (Å²) < 4.78 is 5.89. The molecule has 1 unspecified atom stereocenters. The maximum atomic E-state index is 12.9. The molecule has 0 fully saturated rings. The Morgan fingerprint density at radius 1 is 1.00 bits per heavy atom. The van der Waals surface area contributed by atoms with Crippen LogP contribution in [0.2, 0.25) is 0 Å². The van der Waals surface area contributed by atoms with E-state index >= 15 is 0 Å². The minimum absolute atomic E-state index is 0.231. The Hall–Kier alpha value is -3.40. The molecule has 3 aromatic carbocycles. The number of hydrogen-bond donors (Lipinski definition) is 1. The summed E-state index contributed by atoms with van der Waals surface area (Å²) in [6, 6.07) is 16.5. The Morgan fingerprint density at radius 2 is 1.73 bits per heavy atom. The van der Waals surface area contributed by atoms with E-state index in [2.05, 4.69) is 0 Å². The third-order valence-corrected chi connectivity index (χ3v) is 5.72. The van der Waals surface area contributed by atoms with Crippen LogP contribution < -0.4 is 4.74 Å². The molecule has 3 aromatic rings. The zero-order valence-corrected chi connectivity index (χ0v) is 17.1. The van der Waals surface area contributed by atoms with Gasteiger partial charge in [-0.2, -0.15) is 0 Å². The first-order valence-electron chi connectivity index (χ1n) is 10.2. The lowest BCUT2D eigenvalue weighted by Crippen LogP contribution is -2.21. The molecule has 0 amide bonds. The molecule has 152 valence electrons. The Kier molecular flexibility index (Phi) is 5.40. The highest BCUT2D eigenvalue weighted by Crippen LogP contribution is 2.39. The Morgan fingerprint density at radius 3 is 2.47 bits per heavy atom. The van der Waals surface area contributed by atoms with Gasteiger partial charge in [0.2, 0.25) is 0 Å². The van der Waals surface area contributed by atoms with Crippen LogP contribution in [0.5, 0.6) is 5.75 Å². The monoisotopic (exact) mass is 400 g/mol. The van der Waals surface area contributed by atoms with Gasteiger partial charge in [0.15, 0.2) is 0 Å². The van der Waals surface area contributed by atoms with Gasteiger partial charge in [-0.1, -0.05) is 54.1 Å². The van der Waals surface area contributed by atoms with E-state index in [1.165, 1.54) is 5.57 Å². The number of carboxylic acids is 1. The Labute approximate surface area is 175 Å². The first kappa shape index (κ1) is 19.9. The summed E-state index contributed by atoms with van der Waals surface area (Å²) in [5, 5.41) is 11.4. The van der Waals surface area contributed by atoms with Gasteiger partial charge in [-0.25, -0.2) is 4.79 Å². The van der Waals surface area contributed by atoms with Gasteiger partial charge in [0.25, 0.3) is 0 Å². The quantitative estimate of drug-likeness (QED) is 0.323. The highest BCUT2D eigenvalue weighted by Gasteiger charge is 2.23. The number of aromatic carboxylic acids is 1. The van der Waals surface area contributed by atoms with Crippen LogP contribution in [0.25, 0.3) is 21.9 Å². The van der Waals surface area contributed by atoms with E-state index in [9.17, 15) is 14.7 Å². The first-order valence-corrected chi connectivity index (χ1v) is 10.2. The van der Waals surface area contributed by atoms with Crippen molar-refractivity contribution in [2.45, 2.75) is 33.1 Å². The van der Waals surface area contributed by atoms with Crippen molar-refractivity contribution in [3.63, 3.8) is 0 Å². The molecule has 0 spiro atoms. The molecule has 1 aliphatic rings. The minimum Gasteiger partial charge on any atom is -0.478 e. The molecule has 1 atom stereocenters. The van der Waals surface area contributed by atoms with Crippen molar-refractivity contribution < 1.29 is 19.4 Å². The molecule has 0 bridgehead atoms. The predicted molar refractivity (Wildman–Crippen MR) is 118 cm³/mol. The van der Waals surface area contributed by atoms with E-state index in [1.807, 2.05) is 56.3 Å². The van der Waals surface area contributed by atoms with E-state index < -0.39 is 5.97 Å². The summed E-state index contributed by atoms with van der Waals surface area (Å²) in [4.78, 5) is 24.8. The normalized spacial score (nSPS) is 16.2. The summed E-state index contributed by atoms with van der Waals surface area (Å²) in [5.74, 6) is -1.03. The van der Waals surface area contributed by atoms with Crippen LogP contribution in [0, 0.1) is 12.8 Å². The van der Waals surface area contributed by atoms with Gasteiger partial charge in [0.05, 0.1) is 11.5 Å². The average molecular weight is 400 g/mol. The van der Waals surface area contributed by atoms with Crippen molar-refractivity contribution in [3.8, 4) is 16.9 Å². The van der Waals surface area contributed by atoms with E-state index in [-0.39, 0.29) is 17.5 Å². The van der Waals surface area contributed by atoms with E-state index in [1.54, 1.807) is 18.2 Å². The summed E-state index contributed by atoms with van der Waals surface area (Å²) in [7, 11) is 0. The standard InChI is InChI=1S/C26H24O4/c1-16-7-3-11-19(15-16)26(29)30-22-14-6-10-18-9-5-12-20(24(18)22)23-17(2)8-4-13-21(23)25(27)28/h4-6,8-10,12-15,19H,3,7,11H2,1-2H3,(H,27,28). The summed E-state index contributed by atoms with van der Waals surface area (Å²) in [6.07, 6.45) is 4.79. The summed E-state index contributed by atoms with van der Waals surface area (Å²) >= 11 is 0. The van der Waals surface area contributed by atoms with E-state index in [4.69, 9.17) is 4.74 Å². The molecule has 0 aromatic heterocycles. The highest BCUT2D eigenvalue weighted by atomic mass is 16.5. The lowest BCUT2D eigenvalue weighted by Gasteiger charge is -2.19. The number of ether oxygens (including phenoxy) is 1. The zero-order chi connectivity index (χ0) is 21.3. The molecule has 0 aliphatic heterocycles. The van der Waals surface area contributed by atoms with Crippen molar-refractivity contribution in [3.05, 3.63) is 77.4 Å². The second kappa shape index (κ2) is 8.15. The minimum atomic E-state index is -0.983. The fraction of sp³-hybridized carbons (Fsp3) is 0.231. The molecule has 0 heterocycles. The van der Waals surface area contributed by atoms with Gasteiger partial charge in [-0.15, -0.1) is 0 Å². The number of benzene rings is 3. The SMILES string of the molecule is CC1=CC(C(=O)Oc2cccc3cccc(-c4c(C)cccc4C(=O)O)c23)CCC1. The Bertz CT molecular complexity index is 1170. The van der Waals surface area contributed by atoms with E-state index in [0.29, 0.717) is 11.3 Å². The molecule has 4 heteroatoms. The molecule has 1 aliphatic carbocycles.